The van der Waals surface area contributed by atoms with E-state index in [1.165, 1.54) is 6.21 Å². The molecule has 1 rings (SSSR count). The zero-order valence-electron chi connectivity index (χ0n) is 11.3. The van der Waals surface area contributed by atoms with Crippen LogP contribution in [0.4, 0.5) is 0 Å². The molecule has 0 aromatic heterocycles. The Labute approximate surface area is 118 Å². The van der Waals surface area contributed by atoms with E-state index >= 15 is 0 Å². The van der Waals surface area contributed by atoms with Crippen molar-refractivity contribution >= 4 is 23.5 Å². The van der Waals surface area contributed by atoms with Crippen LogP contribution in [0.3, 0.4) is 0 Å². The fraction of sp³-hybridized carbons (Fsp3) is 0.385. The summed E-state index contributed by atoms with van der Waals surface area (Å²) in [4.78, 5) is 0. The monoisotopic (exact) mass is 281 g/mol. The summed E-state index contributed by atoms with van der Waals surface area (Å²) in [5.41, 5.74) is 3.24. The van der Waals surface area contributed by atoms with Gasteiger partial charge in [0.2, 0.25) is 0 Å². The van der Waals surface area contributed by atoms with Gasteiger partial charge in [0, 0.05) is 11.6 Å². The maximum absolute atomic E-state index is 9.94. The Bertz CT molecular complexity index is 461. The number of thiocarbonyl (C=S) groups is 1. The lowest BCUT2D eigenvalue weighted by atomic mass is 10.2. The third-order valence-electron chi connectivity index (χ3n) is 2.12. The molecular formula is C13H19N3O2S. The van der Waals surface area contributed by atoms with Gasteiger partial charge in [-0.25, -0.2) is 0 Å². The summed E-state index contributed by atoms with van der Waals surface area (Å²) in [6.07, 6.45) is 1.49. The molecule has 0 heterocycles. The highest BCUT2D eigenvalue weighted by atomic mass is 32.1. The van der Waals surface area contributed by atoms with Crippen LogP contribution in [0.25, 0.3) is 0 Å². The second kappa shape index (κ2) is 7.58. The zero-order chi connectivity index (χ0) is 14.3. The van der Waals surface area contributed by atoms with E-state index in [0.717, 1.165) is 0 Å². The Morgan fingerprint density at radius 1 is 1.53 bits per heavy atom. The molecule has 5 nitrogen and oxygen atoms in total. The Kier molecular flexibility index (Phi) is 6.08. The van der Waals surface area contributed by atoms with E-state index in [9.17, 15) is 5.11 Å². The lowest BCUT2D eigenvalue weighted by molar-refractivity contribution is 0.318. The highest BCUT2D eigenvalue weighted by molar-refractivity contribution is 7.80. The van der Waals surface area contributed by atoms with Gasteiger partial charge in [-0.1, -0.05) is 6.07 Å². The smallest absolute Gasteiger partial charge is 0.187 e. The first kappa shape index (κ1) is 15.2. The van der Waals surface area contributed by atoms with Crippen LogP contribution in [-0.2, 0) is 0 Å². The van der Waals surface area contributed by atoms with E-state index in [1.807, 2.05) is 20.8 Å². The summed E-state index contributed by atoms with van der Waals surface area (Å²) >= 11 is 5.02. The molecule has 0 atom stereocenters. The average Bonchev–Trinajstić information content (AvgIpc) is 2.33. The van der Waals surface area contributed by atoms with Crippen molar-refractivity contribution in [2.45, 2.75) is 26.8 Å². The van der Waals surface area contributed by atoms with Crippen molar-refractivity contribution in [1.82, 2.24) is 10.7 Å². The largest absolute Gasteiger partial charge is 0.504 e. The van der Waals surface area contributed by atoms with E-state index in [4.69, 9.17) is 17.0 Å². The fourth-order valence-corrected chi connectivity index (χ4v) is 1.66. The number of nitrogens with zero attached hydrogens (tertiary/aromatic N) is 1. The van der Waals surface area contributed by atoms with E-state index < -0.39 is 0 Å². The first-order valence-corrected chi connectivity index (χ1v) is 6.49. The van der Waals surface area contributed by atoms with Gasteiger partial charge in [0.15, 0.2) is 16.6 Å². The number of hydrazone groups is 1. The number of nitrogens with one attached hydrogen (secondary N) is 2. The standard InChI is InChI=1S/C13H19N3O2S/c1-4-18-11-7-5-6-10(12(11)17)8-14-16-13(19)15-9(2)3/h5-9,17H,4H2,1-3H3,(H2,15,16,19). The molecule has 0 unspecified atom stereocenters. The summed E-state index contributed by atoms with van der Waals surface area (Å²) in [6, 6.07) is 5.47. The molecule has 0 amide bonds. The molecule has 0 spiro atoms. The average molecular weight is 281 g/mol. The molecule has 19 heavy (non-hydrogen) atoms. The van der Waals surface area contributed by atoms with E-state index in [0.29, 0.717) is 23.0 Å². The van der Waals surface area contributed by atoms with Crippen molar-refractivity contribution in [3.63, 3.8) is 0 Å². The van der Waals surface area contributed by atoms with Crippen LogP contribution in [0.2, 0.25) is 0 Å². The number of hydrogen-bond acceptors (Lipinski definition) is 4. The topological polar surface area (TPSA) is 65.9 Å². The summed E-state index contributed by atoms with van der Waals surface area (Å²) in [6.45, 7) is 6.32. The minimum atomic E-state index is 0.0673. The van der Waals surface area contributed by atoms with Gasteiger partial charge < -0.3 is 15.2 Å². The number of phenols is 1. The molecule has 1 aromatic rings. The molecule has 3 N–H and O–H groups in total. The third kappa shape index (κ3) is 5.13. The van der Waals surface area contributed by atoms with Crippen LogP contribution in [0.5, 0.6) is 11.5 Å². The molecule has 0 saturated carbocycles. The van der Waals surface area contributed by atoms with Gasteiger partial charge in [0.05, 0.1) is 12.8 Å². The van der Waals surface area contributed by atoms with E-state index in [2.05, 4.69) is 15.8 Å². The van der Waals surface area contributed by atoms with Crippen LogP contribution in [-0.4, -0.2) is 29.1 Å². The number of benzene rings is 1. The lowest BCUT2D eigenvalue weighted by Crippen LogP contribution is -2.36. The van der Waals surface area contributed by atoms with Crippen LogP contribution < -0.4 is 15.5 Å². The van der Waals surface area contributed by atoms with Crippen molar-refractivity contribution in [3.8, 4) is 11.5 Å². The van der Waals surface area contributed by atoms with Gasteiger partial charge in [-0.05, 0) is 45.1 Å². The van der Waals surface area contributed by atoms with Gasteiger partial charge in [-0.2, -0.15) is 5.10 Å². The second-order valence-electron chi connectivity index (χ2n) is 4.13. The van der Waals surface area contributed by atoms with Gasteiger partial charge in [0.1, 0.15) is 0 Å². The van der Waals surface area contributed by atoms with Crippen molar-refractivity contribution in [2.75, 3.05) is 6.61 Å². The maximum Gasteiger partial charge on any atom is 0.187 e. The summed E-state index contributed by atoms with van der Waals surface area (Å²) < 4.78 is 5.29. The minimum absolute atomic E-state index is 0.0673. The molecular weight excluding hydrogens is 262 g/mol. The van der Waals surface area contributed by atoms with Crippen LogP contribution in [0, 0.1) is 0 Å². The summed E-state index contributed by atoms with van der Waals surface area (Å²) in [5.74, 6) is 0.506. The quantitative estimate of drug-likeness (QED) is 0.437. The van der Waals surface area contributed by atoms with Crippen LogP contribution >= 0.6 is 12.2 Å². The van der Waals surface area contributed by atoms with Crippen molar-refractivity contribution in [3.05, 3.63) is 23.8 Å². The first-order valence-electron chi connectivity index (χ1n) is 6.09. The molecule has 0 saturated heterocycles. The highest BCUT2D eigenvalue weighted by Crippen LogP contribution is 2.28. The van der Waals surface area contributed by atoms with E-state index in [1.54, 1.807) is 18.2 Å². The SMILES string of the molecule is CCOc1cccc(C=NNC(=S)NC(C)C)c1O. The number of aromatic hydroxyl groups is 1. The molecule has 6 heteroatoms. The normalized spacial score (nSPS) is 10.7. The number of para-hydroxylation sites is 1. The molecule has 104 valence electrons. The first-order chi connectivity index (χ1) is 9.04. The van der Waals surface area contributed by atoms with Crippen molar-refractivity contribution < 1.29 is 9.84 Å². The number of ether oxygens (including phenoxy) is 1. The molecule has 0 radical (unpaired) electrons. The van der Waals surface area contributed by atoms with Gasteiger partial charge in [-0.3, -0.25) is 5.43 Å². The zero-order valence-corrected chi connectivity index (χ0v) is 12.1. The molecule has 0 bridgehead atoms. The van der Waals surface area contributed by atoms with Crippen molar-refractivity contribution in [1.29, 1.82) is 0 Å². The fourth-order valence-electron chi connectivity index (χ4n) is 1.37. The lowest BCUT2D eigenvalue weighted by Gasteiger charge is -2.10. The Balaban J connectivity index is 2.66. The van der Waals surface area contributed by atoms with Crippen LogP contribution in [0.15, 0.2) is 23.3 Å². The molecule has 0 aliphatic heterocycles. The van der Waals surface area contributed by atoms with Gasteiger partial charge >= 0.3 is 0 Å². The predicted molar refractivity (Wildman–Crippen MR) is 80.9 cm³/mol. The Hall–Kier alpha value is -1.82. The highest BCUT2D eigenvalue weighted by Gasteiger charge is 2.05. The summed E-state index contributed by atoms with van der Waals surface area (Å²) in [7, 11) is 0. The molecule has 0 aliphatic rings. The minimum Gasteiger partial charge on any atom is -0.504 e. The van der Waals surface area contributed by atoms with Crippen LogP contribution in [0.1, 0.15) is 26.3 Å². The van der Waals surface area contributed by atoms with E-state index in [-0.39, 0.29) is 11.8 Å². The maximum atomic E-state index is 9.94. The number of phenolic OH excluding ortho intramolecular Hbond substituents is 1. The van der Waals surface area contributed by atoms with Gasteiger partial charge in [0.25, 0.3) is 0 Å². The number of hydrogen-bond donors (Lipinski definition) is 3. The van der Waals surface area contributed by atoms with Crippen molar-refractivity contribution in [2.24, 2.45) is 5.10 Å². The molecule has 1 aromatic carbocycles. The summed E-state index contributed by atoms with van der Waals surface area (Å²) in [5, 5.41) is 17.3. The molecule has 0 fully saturated rings. The Morgan fingerprint density at radius 2 is 2.26 bits per heavy atom. The van der Waals surface area contributed by atoms with Gasteiger partial charge in [-0.15, -0.1) is 0 Å². The second-order valence-corrected chi connectivity index (χ2v) is 4.53. The predicted octanol–water partition coefficient (Wildman–Crippen LogP) is 2.00. The Morgan fingerprint density at radius 3 is 2.89 bits per heavy atom. The third-order valence-corrected chi connectivity index (χ3v) is 2.33. The number of rotatable bonds is 5. The molecule has 0 aliphatic carbocycles.